The Morgan fingerprint density at radius 3 is 2.65 bits per heavy atom. The van der Waals surface area contributed by atoms with Crippen LogP contribution in [0.1, 0.15) is 26.1 Å². The van der Waals surface area contributed by atoms with Crippen LogP contribution in [0, 0.1) is 5.92 Å². The molecule has 1 aromatic heterocycles. The zero-order valence-corrected chi connectivity index (χ0v) is 12.1. The van der Waals surface area contributed by atoms with Gasteiger partial charge in [0.1, 0.15) is 11.0 Å². The third-order valence-electron chi connectivity index (χ3n) is 2.17. The Labute approximate surface area is 120 Å². The van der Waals surface area contributed by atoms with E-state index in [0.29, 0.717) is 32.1 Å². The molecule has 0 aliphatic carbocycles. The Bertz CT molecular complexity index is 427. The molecule has 0 fully saturated rings. The summed E-state index contributed by atoms with van der Waals surface area (Å²) < 4.78 is 42.8. The van der Waals surface area contributed by atoms with E-state index in [2.05, 4.69) is 15.3 Å². The summed E-state index contributed by atoms with van der Waals surface area (Å²) in [4.78, 5) is 6.53. The lowest BCUT2D eigenvalue weighted by Gasteiger charge is -2.10. The Morgan fingerprint density at radius 1 is 1.35 bits per heavy atom. The summed E-state index contributed by atoms with van der Waals surface area (Å²) in [5.41, 5.74) is 0. The summed E-state index contributed by atoms with van der Waals surface area (Å²) >= 11 is 5.54. The molecule has 0 atom stereocenters. The predicted octanol–water partition coefficient (Wildman–Crippen LogP) is 3.62. The van der Waals surface area contributed by atoms with Crippen LogP contribution in [-0.2, 0) is 10.9 Å². The summed E-state index contributed by atoms with van der Waals surface area (Å²) in [7, 11) is 0. The molecule has 0 aliphatic heterocycles. The number of nitrogens with one attached hydrogen (secondary N) is 1. The number of alkyl halides is 3. The topological polar surface area (TPSA) is 47.0 Å². The number of rotatable bonds is 7. The first-order chi connectivity index (χ1) is 9.29. The lowest BCUT2D eigenvalue weighted by molar-refractivity contribution is -0.144. The van der Waals surface area contributed by atoms with Gasteiger partial charge in [-0.3, -0.25) is 0 Å². The van der Waals surface area contributed by atoms with Crippen molar-refractivity contribution in [2.75, 3.05) is 25.1 Å². The molecule has 1 heterocycles. The van der Waals surface area contributed by atoms with E-state index in [1.54, 1.807) is 0 Å². The Balaban J connectivity index is 2.42. The van der Waals surface area contributed by atoms with Crippen LogP contribution in [-0.4, -0.2) is 29.7 Å². The van der Waals surface area contributed by atoms with Crippen molar-refractivity contribution in [1.29, 1.82) is 0 Å². The van der Waals surface area contributed by atoms with E-state index in [-0.39, 0.29) is 11.0 Å². The first-order valence-electron chi connectivity index (χ1n) is 6.22. The van der Waals surface area contributed by atoms with E-state index >= 15 is 0 Å². The highest BCUT2D eigenvalue weighted by atomic mass is 35.5. The van der Waals surface area contributed by atoms with Crippen molar-refractivity contribution >= 4 is 17.4 Å². The Morgan fingerprint density at radius 2 is 2.05 bits per heavy atom. The van der Waals surface area contributed by atoms with Crippen molar-refractivity contribution in [2.24, 2.45) is 5.92 Å². The van der Waals surface area contributed by atoms with Crippen LogP contribution in [0.3, 0.4) is 0 Å². The fourth-order valence-corrected chi connectivity index (χ4v) is 1.53. The van der Waals surface area contributed by atoms with Crippen LogP contribution in [0.4, 0.5) is 19.0 Å². The number of hydrogen-bond acceptors (Lipinski definition) is 4. The maximum Gasteiger partial charge on any atom is 0.451 e. The van der Waals surface area contributed by atoms with Crippen molar-refractivity contribution in [3.63, 3.8) is 0 Å². The summed E-state index contributed by atoms with van der Waals surface area (Å²) in [6.07, 6.45) is -3.95. The number of aromatic nitrogens is 2. The quantitative estimate of drug-likeness (QED) is 0.617. The van der Waals surface area contributed by atoms with Gasteiger partial charge in [0.05, 0.1) is 0 Å². The number of halogens is 4. The van der Waals surface area contributed by atoms with Crippen molar-refractivity contribution in [3.8, 4) is 0 Å². The van der Waals surface area contributed by atoms with E-state index in [4.69, 9.17) is 16.3 Å². The second kappa shape index (κ2) is 7.64. The molecule has 0 amide bonds. The number of ether oxygens (including phenoxy) is 1. The molecule has 0 aliphatic rings. The van der Waals surface area contributed by atoms with Crippen LogP contribution < -0.4 is 5.32 Å². The molecule has 0 saturated carbocycles. The SMILES string of the molecule is CC(C)COCCCNc1cc(Cl)nc(C(F)(F)F)n1. The Kier molecular flexibility index (Phi) is 6.48. The van der Waals surface area contributed by atoms with Crippen molar-refractivity contribution in [1.82, 2.24) is 9.97 Å². The standard InChI is InChI=1S/C12H17ClF3N3O/c1-8(2)7-20-5-3-4-17-10-6-9(13)18-11(19-10)12(14,15)16/h6,8H,3-5,7H2,1-2H3,(H,17,18,19). The number of hydrogen-bond donors (Lipinski definition) is 1. The van der Waals surface area contributed by atoms with E-state index < -0.39 is 12.0 Å². The van der Waals surface area contributed by atoms with Gasteiger partial charge in [-0.25, -0.2) is 9.97 Å². The highest BCUT2D eigenvalue weighted by Crippen LogP contribution is 2.28. The van der Waals surface area contributed by atoms with Gasteiger partial charge in [0.15, 0.2) is 0 Å². The van der Waals surface area contributed by atoms with Gasteiger partial charge in [-0.2, -0.15) is 13.2 Å². The lowest BCUT2D eigenvalue weighted by Crippen LogP contribution is -2.14. The van der Waals surface area contributed by atoms with Crippen molar-refractivity contribution < 1.29 is 17.9 Å². The number of anilines is 1. The first-order valence-corrected chi connectivity index (χ1v) is 6.60. The fraction of sp³-hybridized carbons (Fsp3) is 0.667. The van der Waals surface area contributed by atoms with Crippen LogP contribution >= 0.6 is 11.6 Å². The highest BCUT2D eigenvalue weighted by Gasteiger charge is 2.35. The average Bonchev–Trinajstić information content (AvgIpc) is 2.31. The summed E-state index contributed by atoms with van der Waals surface area (Å²) in [6, 6.07) is 1.26. The average molecular weight is 312 g/mol. The molecule has 0 bridgehead atoms. The van der Waals surface area contributed by atoms with Gasteiger partial charge >= 0.3 is 6.18 Å². The molecular weight excluding hydrogens is 295 g/mol. The summed E-state index contributed by atoms with van der Waals surface area (Å²) in [5, 5.41) is 2.53. The second-order valence-electron chi connectivity index (χ2n) is 4.65. The molecular formula is C12H17ClF3N3O. The zero-order valence-electron chi connectivity index (χ0n) is 11.3. The van der Waals surface area contributed by atoms with E-state index in [0.717, 1.165) is 0 Å². The molecule has 8 heteroatoms. The highest BCUT2D eigenvalue weighted by molar-refractivity contribution is 6.29. The van der Waals surface area contributed by atoms with E-state index in [1.807, 2.05) is 13.8 Å². The minimum absolute atomic E-state index is 0.0567. The van der Waals surface area contributed by atoms with E-state index in [1.165, 1.54) is 6.07 Å². The molecule has 114 valence electrons. The second-order valence-corrected chi connectivity index (χ2v) is 5.03. The molecule has 1 N–H and O–H groups in total. The molecule has 1 rings (SSSR count). The molecule has 20 heavy (non-hydrogen) atoms. The molecule has 0 aromatic carbocycles. The van der Waals surface area contributed by atoms with Gasteiger partial charge in [-0.05, 0) is 12.3 Å². The number of nitrogens with zero attached hydrogens (tertiary/aromatic N) is 2. The van der Waals surface area contributed by atoms with Crippen molar-refractivity contribution in [2.45, 2.75) is 26.4 Å². The molecule has 0 radical (unpaired) electrons. The maximum absolute atomic E-state index is 12.5. The fourth-order valence-electron chi connectivity index (χ4n) is 1.34. The van der Waals surface area contributed by atoms with Gasteiger partial charge in [0.2, 0.25) is 5.82 Å². The van der Waals surface area contributed by atoms with Gasteiger partial charge in [-0.15, -0.1) is 0 Å². The normalized spacial score (nSPS) is 11.9. The Hall–Kier alpha value is -1.08. The zero-order chi connectivity index (χ0) is 15.2. The minimum atomic E-state index is -4.61. The summed E-state index contributed by atoms with van der Waals surface area (Å²) in [5.74, 6) is -0.734. The first kappa shape index (κ1) is 17.0. The van der Waals surface area contributed by atoms with Gasteiger partial charge < -0.3 is 10.1 Å². The third-order valence-corrected chi connectivity index (χ3v) is 2.36. The van der Waals surface area contributed by atoms with E-state index in [9.17, 15) is 13.2 Å². The monoisotopic (exact) mass is 311 g/mol. The van der Waals surface area contributed by atoms with Gasteiger partial charge in [-0.1, -0.05) is 25.4 Å². The lowest BCUT2D eigenvalue weighted by atomic mass is 10.2. The van der Waals surface area contributed by atoms with Crippen LogP contribution in [0.5, 0.6) is 0 Å². The molecule has 0 spiro atoms. The maximum atomic E-state index is 12.5. The van der Waals surface area contributed by atoms with Gasteiger partial charge in [0.25, 0.3) is 0 Å². The largest absolute Gasteiger partial charge is 0.451 e. The molecule has 0 unspecified atom stereocenters. The smallest absolute Gasteiger partial charge is 0.381 e. The van der Waals surface area contributed by atoms with Crippen molar-refractivity contribution in [3.05, 3.63) is 17.0 Å². The summed E-state index contributed by atoms with van der Waals surface area (Å²) in [6.45, 7) is 5.73. The van der Waals surface area contributed by atoms with Crippen LogP contribution in [0.25, 0.3) is 0 Å². The molecule has 0 saturated heterocycles. The van der Waals surface area contributed by atoms with Crippen LogP contribution in [0.2, 0.25) is 5.15 Å². The molecule has 4 nitrogen and oxygen atoms in total. The van der Waals surface area contributed by atoms with Crippen LogP contribution in [0.15, 0.2) is 6.07 Å². The predicted molar refractivity (Wildman–Crippen MR) is 70.8 cm³/mol. The van der Waals surface area contributed by atoms with Gasteiger partial charge in [0, 0.05) is 25.8 Å². The molecule has 1 aromatic rings. The third kappa shape index (κ3) is 6.38. The minimum Gasteiger partial charge on any atom is -0.381 e.